The van der Waals surface area contributed by atoms with Crippen LogP contribution in [0.1, 0.15) is 41.2 Å². The van der Waals surface area contributed by atoms with E-state index in [1.54, 1.807) is 11.3 Å². The first-order valence-electron chi connectivity index (χ1n) is 11.5. The summed E-state index contributed by atoms with van der Waals surface area (Å²) in [6.07, 6.45) is 3.29. The van der Waals surface area contributed by atoms with Crippen LogP contribution < -0.4 is 15.8 Å². The zero-order chi connectivity index (χ0) is 23.9. The van der Waals surface area contributed by atoms with E-state index in [0.29, 0.717) is 35.9 Å². The summed E-state index contributed by atoms with van der Waals surface area (Å²) in [7, 11) is 0. The minimum Gasteiger partial charge on any atom is -0.481 e. The van der Waals surface area contributed by atoms with Gasteiger partial charge < -0.3 is 26.3 Å². The third-order valence-corrected chi connectivity index (χ3v) is 7.91. The first-order valence-corrected chi connectivity index (χ1v) is 12.3. The number of rotatable bonds is 9. The van der Waals surface area contributed by atoms with Crippen molar-refractivity contribution in [1.29, 1.82) is 10.8 Å². The smallest absolute Gasteiger partial charge is 0.311 e. The molecule has 5 rings (SSSR count). The van der Waals surface area contributed by atoms with Gasteiger partial charge in [0.15, 0.2) is 5.60 Å². The Morgan fingerprint density at radius 2 is 1.97 bits per heavy atom. The fraction of sp³-hybridized carbons (Fsp3) is 0.346. The van der Waals surface area contributed by atoms with Crippen LogP contribution in [0.4, 0.5) is 0 Å². The van der Waals surface area contributed by atoms with Crippen molar-refractivity contribution in [1.82, 2.24) is 5.32 Å². The quantitative estimate of drug-likeness (QED) is 0.234. The topological polar surface area (TPSA) is 132 Å². The standard InChI is InChI=1S/C26H28N4O3S/c27-23(16-1-2-16)26(9-10-30-14-26)33-19-6-3-15(4-7-19)21(25(31)32)13-20-12-18-11-17(24(28)29)5-8-22(18)34-20/h3-8,11-12,16,21,27,30H,1-2,9-10,13-14H2,(H3,28,29)(H,31,32)/t21?,26-/m0/s1. The molecule has 2 aliphatic rings. The summed E-state index contributed by atoms with van der Waals surface area (Å²) in [5, 5.41) is 30.5. The van der Waals surface area contributed by atoms with Crippen LogP contribution in [0.2, 0.25) is 0 Å². The largest absolute Gasteiger partial charge is 0.481 e. The van der Waals surface area contributed by atoms with Crippen molar-refractivity contribution in [2.24, 2.45) is 11.7 Å². The predicted octanol–water partition coefficient (Wildman–Crippen LogP) is 4.14. The molecule has 1 saturated carbocycles. The van der Waals surface area contributed by atoms with Gasteiger partial charge in [-0.1, -0.05) is 12.1 Å². The second-order valence-electron chi connectivity index (χ2n) is 9.25. The molecule has 8 heteroatoms. The molecule has 2 heterocycles. The maximum atomic E-state index is 12.1. The molecule has 176 valence electrons. The number of aliphatic carboxylic acids is 1. The molecule has 0 amide bonds. The monoisotopic (exact) mass is 476 g/mol. The number of nitrogen functional groups attached to an aromatic ring is 1. The van der Waals surface area contributed by atoms with Crippen LogP contribution >= 0.6 is 11.3 Å². The van der Waals surface area contributed by atoms with Gasteiger partial charge in [0.05, 0.1) is 11.6 Å². The Kier molecular flexibility index (Phi) is 5.87. The summed E-state index contributed by atoms with van der Waals surface area (Å²) < 4.78 is 7.39. The first kappa shape index (κ1) is 22.6. The van der Waals surface area contributed by atoms with Crippen LogP contribution in [0.5, 0.6) is 5.75 Å². The van der Waals surface area contributed by atoms with E-state index in [1.807, 2.05) is 48.5 Å². The maximum Gasteiger partial charge on any atom is 0.311 e. The number of hydrogen-bond acceptors (Lipinski definition) is 6. The van der Waals surface area contributed by atoms with E-state index < -0.39 is 17.5 Å². The van der Waals surface area contributed by atoms with Crippen molar-refractivity contribution >= 4 is 38.9 Å². The highest BCUT2D eigenvalue weighted by molar-refractivity contribution is 7.19. The van der Waals surface area contributed by atoms with Crippen molar-refractivity contribution in [3.05, 3.63) is 64.5 Å². The van der Waals surface area contributed by atoms with Gasteiger partial charge in [0.25, 0.3) is 0 Å². The van der Waals surface area contributed by atoms with E-state index in [2.05, 4.69) is 5.32 Å². The van der Waals surface area contributed by atoms with Crippen LogP contribution in [-0.2, 0) is 11.2 Å². The molecule has 2 fully saturated rings. The average Bonchev–Trinajstić information content (AvgIpc) is 3.42. The van der Waals surface area contributed by atoms with Crippen LogP contribution in [0, 0.1) is 16.7 Å². The number of thiophene rings is 1. The third kappa shape index (κ3) is 4.43. The highest BCUT2D eigenvalue weighted by atomic mass is 32.1. The maximum absolute atomic E-state index is 12.1. The lowest BCUT2D eigenvalue weighted by Gasteiger charge is -2.30. The number of carboxylic acid groups (broad SMARTS) is 1. The zero-order valence-electron chi connectivity index (χ0n) is 18.8. The molecule has 0 bridgehead atoms. The van der Waals surface area contributed by atoms with E-state index in [1.165, 1.54) is 0 Å². The van der Waals surface area contributed by atoms with Crippen LogP contribution in [0.3, 0.4) is 0 Å². The number of hydrogen-bond donors (Lipinski definition) is 5. The molecule has 2 atom stereocenters. The number of carboxylic acids is 1. The van der Waals surface area contributed by atoms with Gasteiger partial charge in [0.1, 0.15) is 11.6 Å². The summed E-state index contributed by atoms with van der Waals surface area (Å²) >= 11 is 1.56. The molecular weight excluding hydrogens is 448 g/mol. The molecular formula is C26H28N4O3S. The van der Waals surface area contributed by atoms with E-state index >= 15 is 0 Å². The van der Waals surface area contributed by atoms with Gasteiger partial charge in [-0.05, 0) is 73.2 Å². The van der Waals surface area contributed by atoms with Crippen molar-refractivity contribution < 1.29 is 14.6 Å². The summed E-state index contributed by atoms with van der Waals surface area (Å²) in [5.41, 5.74) is 7.07. The molecule has 1 unspecified atom stereocenters. The van der Waals surface area contributed by atoms with Crippen LogP contribution in [-0.4, -0.2) is 41.3 Å². The second-order valence-corrected chi connectivity index (χ2v) is 10.4. The number of amidine groups is 1. The molecule has 1 aromatic heterocycles. The Balaban J connectivity index is 1.34. The third-order valence-electron chi connectivity index (χ3n) is 6.77. The summed E-state index contributed by atoms with van der Waals surface area (Å²) in [6.45, 7) is 1.47. The van der Waals surface area contributed by atoms with Crippen molar-refractivity contribution in [3.8, 4) is 5.75 Å². The van der Waals surface area contributed by atoms with Gasteiger partial charge in [-0.25, -0.2) is 0 Å². The highest BCUT2D eigenvalue weighted by Crippen LogP contribution is 2.38. The van der Waals surface area contributed by atoms with Crippen molar-refractivity contribution in [2.45, 2.75) is 37.2 Å². The molecule has 1 saturated heterocycles. The number of fused-ring (bicyclic) bond motifs is 1. The summed E-state index contributed by atoms with van der Waals surface area (Å²) in [4.78, 5) is 13.1. The lowest BCUT2D eigenvalue weighted by molar-refractivity contribution is -0.138. The molecule has 1 aliphatic carbocycles. The number of benzene rings is 2. The Labute approximate surface area is 202 Å². The van der Waals surface area contributed by atoms with Crippen molar-refractivity contribution in [3.63, 3.8) is 0 Å². The van der Waals surface area contributed by atoms with E-state index in [9.17, 15) is 9.90 Å². The van der Waals surface area contributed by atoms with Gasteiger partial charge in [0, 0.05) is 34.0 Å². The van der Waals surface area contributed by atoms with Gasteiger partial charge in [-0.15, -0.1) is 11.3 Å². The molecule has 7 nitrogen and oxygen atoms in total. The fourth-order valence-corrected chi connectivity index (χ4v) is 5.78. The first-order chi connectivity index (χ1) is 16.3. The van der Waals surface area contributed by atoms with E-state index in [-0.39, 0.29) is 5.84 Å². The minimum atomic E-state index is -0.873. The summed E-state index contributed by atoms with van der Waals surface area (Å²) in [5.74, 6) is -0.532. The Hall–Kier alpha value is -3.23. The average molecular weight is 477 g/mol. The lowest BCUT2D eigenvalue weighted by atomic mass is 9.92. The number of nitrogens with one attached hydrogen (secondary N) is 3. The van der Waals surface area contributed by atoms with Crippen LogP contribution in [0.25, 0.3) is 10.1 Å². The molecule has 2 aromatic carbocycles. The lowest BCUT2D eigenvalue weighted by Crippen LogP contribution is -2.47. The minimum absolute atomic E-state index is 0.0165. The second kappa shape index (κ2) is 8.85. The fourth-order valence-electron chi connectivity index (χ4n) is 4.69. The van der Waals surface area contributed by atoms with Crippen LogP contribution in [0.15, 0.2) is 48.5 Å². The van der Waals surface area contributed by atoms with Gasteiger partial charge >= 0.3 is 5.97 Å². The summed E-state index contributed by atoms with van der Waals surface area (Å²) in [6, 6.07) is 14.9. The number of nitrogens with two attached hydrogens (primary N) is 1. The van der Waals surface area contributed by atoms with E-state index in [0.717, 1.165) is 46.3 Å². The Morgan fingerprint density at radius 3 is 2.59 bits per heavy atom. The molecule has 34 heavy (non-hydrogen) atoms. The molecule has 6 N–H and O–H groups in total. The molecule has 3 aromatic rings. The highest BCUT2D eigenvalue weighted by Gasteiger charge is 2.46. The predicted molar refractivity (Wildman–Crippen MR) is 135 cm³/mol. The molecule has 0 spiro atoms. The van der Waals surface area contributed by atoms with E-state index in [4.69, 9.17) is 21.3 Å². The van der Waals surface area contributed by atoms with Crippen molar-refractivity contribution in [2.75, 3.05) is 13.1 Å². The van der Waals surface area contributed by atoms with Gasteiger partial charge in [0.2, 0.25) is 0 Å². The molecule has 0 radical (unpaired) electrons. The zero-order valence-corrected chi connectivity index (χ0v) is 19.6. The molecule has 1 aliphatic heterocycles. The normalized spacial score (nSPS) is 20.8. The Bertz CT molecular complexity index is 1260. The Morgan fingerprint density at radius 1 is 1.21 bits per heavy atom. The van der Waals surface area contributed by atoms with Gasteiger partial charge in [-0.2, -0.15) is 0 Å². The van der Waals surface area contributed by atoms with Gasteiger partial charge in [-0.3, -0.25) is 10.2 Å². The number of carbonyl (C=O) groups is 1. The number of ether oxygens (including phenoxy) is 1. The SMILES string of the molecule is N=C(N)c1ccc2sc(CC(C(=O)O)c3ccc(O[C@@]4(C(=N)C5CC5)CCNC4)cc3)cc2c1.